The van der Waals surface area contributed by atoms with Gasteiger partial charge in [0.2, 0.25) is 5.91 Å². The minimum atomic E-state index is -2.89. The Morgan fingerprint density at radius 2 is 1.71 bits per heavy atom. The Bertz CT molecular complexity index is 1120. The van der Waals surface area contributed by atoms with Crippen molar-refractivity contribution in [2.45, 2.75) is 19.5 Å². The van der Waals surface area contributed by atoms with E-state index in [0.717, 1.165) is 11.3 Å². The van der Waals surface area contributed by atoms with Crippen LogP contribution >= 0.6 is 0 Å². The van der Waals surface area contributed by atoms with Crippen molar-refractivity contribution in [3.63, 3.8) is 0 Å². The van der Waals surface area contributed by atoms with Crippen LogP contribution in [0.5, 0.6) is 5.75 Å². The number of anilines is 4. The van der Waals surface area contributed by atoms with Gasteiger partial charge in [-0.2, -0.15) is 8.78 Å². The fraction of sp³-hybridized carbons (Fsp3) is 0.130. The van der Waals surface area contributed by atoms with Gasteiger partial charge in [-0.05, 0) is 66.6 Å². The van der Waals surface area contributed by atoms with Crippen molar-refractivity contribution in [1.29, 1.82) is 0 Å². The number of rotatable bonds is 6. The van der Waals surface area contributed by atoms with Gasteiger partial charge in [0.1, 0.15) is 5.75 Å². The van der Waals surface area contributed by atoms with Gasteiger partial charge >= 0.3 is 6.61 Å². The van der Waals surface area contributed by atoms with Gasteiger partial charge in [-0.1, -0.05) is 12.1 Å². The molecule has 6 nitrogen and oxygen atoms in total. The highest BCUT2D eigenvalue weighted by molar-refractivity contribution is 6.08. The zero-order valence-corrected chi connectivity index (χ0v) is 16.3. The Morgan fingerprint density at radius 1 is 0.968 bits per heavy atom. The van der Waals surface area contributed by atoms with Crippen LogP contribution in [0.2, 0.25) is 0 Å². The standard InChI is InChI=1S/C23H19F2N3O3/c24-23(25)31-17-9-6-15(7-10-17)26-20-4-2-1-3-18(20)22(30)27-16-8-11-19-14(13-16)5-12-21(29)28-19/h1-4,6-11,13,23,26H,5,12H2,(H,27,30)(H,28,29). The maximum Gasteiger partial charge on any atom is 0.387 e. The second kappa shape index (κ2) is 8.83. The molecule has 3 aromatic rings. The first-order chi connectivity index (χ1) is 15.0. The molecule has 0 aromatic heterocycles. The summed E-state index contributed by atoms with van der Waals surface area (Å²) in [5.74, 6) is -0.270. The molecule has 0 fully saturated rings. The second-order valence-electron chi connectivity index (χ2n) is 6.95. The molecule has 1 heterocycles. The first-order valence-corrected chi connectivity index (χ1v) is 9.63. The largest absolute Gasteiger partial charge is 0.435 e. The molecule has 0 unspecified atom stereocenters. The first kappa shape index (κ1) is 20.3. The van der Waals surface area contributed by atoms with Crippen molar-refractivity contribution >= 4 is 34.6 Å². The fourth-order valence-corrected chi connectivity index (χ4v) is 3.32. The molecule has 1 aliphatic heterocycles. The number of para-hydroxylation sites is 1. The number of fused-ring (bicyclic) bond motifs is 1. The van der Waals surface area contributed by atoms with E-state index in [1.807, 2.05) is 6.07 Å². The molecule has 0 aliphatic carbocycles. The van der Waals surface area contributed by atoms with Gasteiger partial charge in [0.05, 0.1) is 11.3 Å². The Kier molecular flexibility index (Phi) is 5.79. The molecule has 31 heavy (non-hydrogen) atoms. The summed E-state index contributed by atoms with van der Waals surface area (Å²) < 4.78 is 28.9. The molecule has 0 saturated carbocycles. The van der Waals surface area contributed by atoms with Crippen LogP contribution < -0.4 is 20.7 Å². The lowest BCUT2D eigenvalue weighted by Crippen LogP contribution is -2.19. The van der Waals surface area contributed by atoms with Gasteiger partial charge in [-0.25, -0.2) is 0 Å². The van der Waals surface area contributed by atoms with Crippen LogP contribution in [0.1, 0.15) is 22.3 Å². The predicted octanol–water partition coefficient (Wildman–Crippen LogP) is 5.17. The highest BCUT2D eigenvalue weighted by atomic mass is 19.3. The maximum absolute atomic E-state index is 12.9. The lowest BCUT2D eigenvalue weighted by molar-refractivity contribution is -0.116. The number of aryl methyl sites for hydroxylation is 1. The van der Waals surface area contributed by atoms with Crippen molar-refractivity contribution in [2.24, 2.45) is 0 Å². The third-order valence-electron chi connectivity index (χ3n) is 4.79. The van der Waals surface area contributed by atoms with Crippen LogP contribution in [-0.2, 0) is 11.2 Å². The number of benzene rings is 3. The average molecular weight is 423 g/mol. The summed E-state index contributed by atoms with van der Waals surface area (Å²) in [5, 5.41) is 8.82. The zero-order valence-electron chi connectivity index (χ0n) is 16.3. The number of alkyl halides is 2. The third-order valence-corrected chi connectivity index (χ3v) is 4.79. The van der Waals surface area contributed by atoms with E-state index >= 15 is 0 Å². The van der Waals surface area contributed by atoms with E-state index in [-0.39, 0.29) is 17.6 Å². The molecule has 3 aromatic carbocycles. The Labute approximate surface area is 177 Å². The molecule has 158 valence electrons. The Morgan fingerprint density at radius 3 is 2.48 bits per heavy atom. The molecule has 3 N–H and O–H groups in total. The van der Waals surface area contributed by atoms with E-state index in [1.54, 1.807) is 48.5 Å². The van der Waals surface area contributed by atoms with Crippen LogP contribution in [0.15, 0.2) is 66.7 Å². The van der Waals surface area contributed by atoms with Crippen LogP contribution in [0.3, 0.4) is 0 Å². The van der Waals surface area contributed by atoms with E-state index in [2.05, 4.69) is 20.7 Å². The average Bonchev–Trinajstić information content (AvgIpc) is 2.75. The highest BCUT2D eigenvalue weighted by Crippen LogP contribution is 2.27. The molecule has 1 aliphatic rings. The van der Waals surface area contributed by atoms with Crippen LogP contribution in [-0.4, -0.2) is 18.4 Å². The van der Waals surface area contributed by atoms with Crippen LogP contribution in [0.4, 0.5) is 31.5 Å². The molecule has 4 rings (SSSR count). The molecule has 8 heteroatoms. The summed E-state index contributed by atoms with van der Waals surface area (Å²) in [7, 11) is 0. The third kappa shape index (κ3) is 4.98. The van der Waals surface area contributed by atoms with Crippen molar-refractivity contribution in [3.05, 3.63) is 77.9 Å². The SMILES string of the molecule is O=C1CCc2cc(NC(=O)c3ccccc3Nc3ccc(OC(F)F)cc3)ccc2N1. The number of hydrogen-bond acceptors (Lipinski definition) is 4. The van der Waals surface area contributed by atoms with Crippen LogP contribution in [0.25, 0.3) is 0 Å². The molecule has 0 radical (unpaired) electrons. The summed E-state index contributed by atoms with van der Waals surface area (Å²) in [4.78, 5) is 24.4. The van der Waals surface area contributed by atoms with Gasteiger partial charge in [0.25, 0.3) is 5.91 Å². The van der Waals surface area contributed by atoms with E-state index in [1.165, 1.54) is 12.1 Å². The quantitative estimate of drug-likeness (QED) is 0.511. The fourth-order valence-electron chi connectivity index (χ4n) is 3.32. The minimum absolute atomic E-state index is 0.0157. The topological polar surface area (TPSA) is 79.5 Å². The predicted molar refractivity (Wildman–Crippen MR) is 114 cm³/mol. The Balaban J connectivity index is 1.49. The van der Waals surface area contributed by atoms with Crippen molar-refractivity contribution in [1.82, 2.24) is 0 Å². The van der Waals surface area contributed by atoms with E-state index < -0.39 is 6.61 Å². The summed E-state index contributed by atoms with van der Waals surface area (Å²) in [6, 6.07) is 18.3. The van der Waals surface area contributed by atoms with E-state index in [4.69, 9.17) is 0 Å². The summed E-state index contributed by atoms with van der Waals surface area (Å²) in [6.45, 7) is -2.89. The minimum Gasteiger partial charge on any atom is -0.435 e. The first-order valence-electron chi connectivity index (χ1n) is 9.63. The molecule has 0 atom stereocenters. The van der Waals surface area contributed by atoms with E-state index in [9.17, 15) is 18.4 Å². The summed E-state index contributed by atoms with van der Waals surface area (Å²) in [6.07, 6.45) is 1.03. The number of ether oxygens (including phenoxy) is 1. The molecule has 0 spiro atoms. The number of carbonyl (C=O) groups excluding carboxylic acids is 2. The maximum atomic E-state index is 12.9. The monoisotopic (exact) mass is 423 g/mol. The van der Waals surface area contributed by atoms with Gasteiger partial charge in [0, 0.05) is 23.5 Å². The number of hydrogen-bond donors (Lipinski definition) is 3. The zero-order chi connectivity index (χ0) is 21.8. The summed E-state index contributed by atoms with van der Waals surface area (Å²) >= 11 is 0. The highest BCUT2D eigenvalue weighted by Gasteiger charge is 2.17. The Hall–Kier alpha value is -3.94. The number of amides is 2. The van der Waals surface area contributed by atoms with Crippen molar-refractivity contribution < 1.29 is 23.1 Å². The number of nitrogens with one attached hydrogen (secondary N) is 3. The van der Waals surface area contributed by atoms with Crippen LogP contribution in [0, 0.1) is 0 Å². The molecule has 0 saturated heterocycles. The lowest BCUT2D eigenvalue weighted by atomic mass is 10.0. The smallest absolute Gasteiger partial charge is 0.387 e. The van der Waals surface area contributed by atoms with Gasteiger partial charge in [-0.15, -0.1) is 0 Å². The van der Waals surface area contributed by atoms with Crippen molar-refractivity contribution in [2.75, 3.05) is 16.0 Å². The molecular formula is C23H19F2N3O3. The van der Waals surface area contributed by atoms with Gasteiger partial charge in [0.15, 0.2) is 0 Å². The van der Waals surface area contributed by atoms with Crippen molar-refractivity contribution in [3.8, 4) is 5.75 Å². The lowest BCUT2D eigenvalue weighted by Gasteiger charge is -2.18. The number of carbonyl (C=O) groups is 2. The summed E-state index contributed by atoms with van der Waals surface area (Å²) in [5.41, 5.74) is 3.95. The molecule has 2 amide bonds. The van der Waals surface area contributed by atoms with Gasteiger partial charge < -0.3 is 20.7 Å². The molecule has 0 bridgehead atoms. The van der Waals surface area contributed by atoms with Gasteiger partial charge in [-0.3, -0.25) is 9.59 Å². The van der Waals surface area contributed by atoms with E-state index in [0.29, 0.717) is 35.5 Å². The molecular weight excluding hydrogens is 404 g/mol. The number of halogens is 2. The second-order valence-corrected chi connectivity index (χ2v) is 6.95. The normalized spacial score (nSPS) is 12.7.